The third-order valence-electron chi connectivity index (χ3n) is 2.98. The Morgan fingerprint density at radius 1 is 1.23 bits per heavy atom. The molecule has 0 saturated heterocycles. The van der Waals surface area contributed by atoms with E-state index in [-0.39, 0.29) is 12.4 Å². The molecule has 0 atom stereocenters. The Bertz CT molecular complexity index is 711. The molecular formula is C17H16O4S. The van der Waals surface area contributed by atoms with E-state index in [4.69, 9.17) is 9.84 Å². The molecule has 0 aliphatic carbocycles. The molecular weight excluding hydrogens is 300 g/mol. The van der Waals surface area contributed by atoms with Crippen molar-refractivity contribution in [1.29, 1.82) is 0 Å². The van der Waals surface area contributed by atoms with E-state index < -0.39 is 5.97 Å². The number of allylic oxidation sites excluding steroid dienone is 1. The van der Waals surface area contributed by atoms with Crippen LogP contribution < -0.4 is 4.74 Å². The van der Waals surface area contributed by atoms with Crippen LogP contribution in [-0.4, -0.2) is 23.5 Å². The lowest BCUT2D eigenvalue weighted by molar-refractivity contribution is -0.139. The van der Waals surface area contributed by atoms with E-state index in [9.17, 15) is 9.59 Å². The van der Waals surface area contributed by atoms with Crippen molar-refractivity contribution in [3.8, 4) is 5.75 Å². The van der Waals surface area contributed by atoms with E-state index in [0.29, 0.717) is 5.75 Å². The smallest absolute Gasteiger partial charge is 0.341 e. The van der Waals surface area contributed by atoms with Crippen molar-refractivity contribution in [2.24, 2.45) is 0 Å². The molecule has 0 aliphatic rings. The van der Waals surface area contributed by atoms with Gasteiger partial charge in [-0.15, -0.1) is 11.3 Å². The van der Waals surface area contributed by atoms with E-state index in [1.165, 1.54) is 0 Å². The third kappa shape index (κ3) is 4.30. The van der Waals surface area contributed by atoms with Gasteiger partial charge in [0.25, 0.3) is 0 Å². The zero-order valence-corrected chi connectivity index (χ0v) is 13.1. The first kappa shape index (κ1) is 16.0. The number of thiophene rings is 1. The van der Waals surface area contributed by atoms with Gasteiger partial charge in [0.1, 0.15) is 5.75 Å². The topological polar surface area (TPSA) is 63.6 Å². The summed E-state index contributed by atoms with van der Waals surface area (Å²) in [5.74, 6) is -0.556. The molecule has 4 nitrogen and oxygen atoms in total. The van der Waals surface area contributed by atoms with Gasteiger partial charge in [0.15, 0.2) is 12.4 Å². The maximum atomic E-state index is 12.1. The van der Waals surface area contributed by atoms with Crippen molar-refractivity contribution >= 4 is 29.2 Å². The van der Waals surface area contributed by atoms with Crippen LogP contribution in [0.25, 0.3) is 6.08 Å². The van der Waals surface area contributed by atoms with Crippen LogP contribution in [-0.2, 0) is 4.79 Å². The first-order valence-corrected chi connectivity index (χ1v) is 7.51. The first-order chi connectivity index (χ1) is 10.5. The molecule has 2 aromatic rings. The predicted octanol–water partition coefficient (Wildman–Crippen LogP) is 3.72. The highest BCUT2D eigenvalue weighted by molar-refractivity contribution is 7.12. The minimum atomic E-state index is -1.02. The lowest BCUT2D eigenvalue weighted by Crippen LogP contribution is -2.09. The molecule has 0 bridgehead atoms. The lowest BCUT2D eigenvalue weighted by atomic mass is 10.1. The Morgan fingerprint density at radius 2 is 1.91 bits per heavy atom. The molecule has 0 aliphatic heterocycles. The summed E-state index contributed by atoms with van der Waals surface area (Å²) in [6, 6.07) is 8.79. The van der Waals surface area contributed by atoms with E-state index >= 15 is 0 Å². The molecule has 5 heteroatoms. The van der Waals surface area contributed by atoms with Crippen LogP contribution in [0.15, 0.2) is 36.4 Å². The molecule has 1 N–H and O–H groups in total. The summed E-state index contributed by atoms with van der Waals surface area (Å²) < 4.78 is 5.05. The van der Waals surface area contributed by atoms with Crippen molar-refractivity contribution in [3.05, 3.63) is 57.3 Å². The zero-order chi connectivity index (χ0) is 16.1. The molecule has 0 saturated carbocycles. The fourth-order valence-electron chi connectivity index (χ4n) is 1.96. The Balaban J connectivity index is 2.02. The zero-order valence-electron chi connectivity index (χ0n) is 12.3. The highest BCUT2D eigenvalue weighted by Gasteiger charge is 2.08. The molecule has 0 amide bonds. The summed E-state index contributed by atoms with van der Waals surface area (Å²) in [7, 11) is 0. The minimum absolute atomic E-state index is 0.0203. The standard InChI is InChI=1S/C17H16O4S/c1-11-9-15(12(2)22-11)16(18)8-5-13-3-6-14(7-4-13)21-10-17(19)20/h3-9H,10H2,1-2H3,(H,19,20)/b8-5-. The number of benzene rings is 1. The van der Waals surface area contributed by atoms with Crippen LogP contribution in [0, 0.1) is 13.8 Å². The van der Waals surface area contributed by atoms with Gasteiger partial charge in [0.05, 0.1) is 0 Å². The molecule has 1 heterocycles. The number of aliphatic carboxylic acids is 1. The van der Waals surface area contributed by atoms with E-state index in [0.717, 1.165) is 20.9 Å². The molecule has 0 unspecified atom stereocenters. The predicted molar refractivity (Wildman–Crippen MR) is 86.7 cm³/mol. The number of carboxylic acids is 1. The Hall–Kier alpha value is -2.40. The average molecular weight is 316 g/mol. The molecule has 1 aromatic heterocycles. The number of ketones is 1. The molecule has 2 rings (SSSR count). The first-order valence-electron chi connectivity index (χ1n) is 6.70. The Kier molecular flexibility index (Phi) is 5.12. The van der Waals surface area contributed by atoms with Gasteiger partial charge in [0, 0.05) is 15.3 Å². The van der Waals surface area contributed by atoms with Crippen LogP contribution >= 0.6 is 11.3 Å². The Morgan fingerprint density at radius 3 is 2.45 bits per heavy atom. The number of hydrogen-bond acceptors (Lipinski definition) is 4. The van der Waals surface area contributed by atoms with Crippen LogP contribution in [0.2, 0.25) is 0 Å². The fraction of sp³-hybridized carbons (Fsp3) is 0.176. The molecule has 0 radical (unpaired) electrons. The minimum Gasteiger partial charge on any atom is -0.482 e. The lowest BCUT2D eigenvalue weighted by Gasteiger charge is -2.02. The van der Waals surface area contributed by atoms with Gasteiger partial charge >= 0.3 is 5.97 Å². The number of aryl methyl sites for hydroxylation is 2. The average Bonchev–Trinajstić information content (AvgIpc) is 2.82. The van der Waals surface area contributed by atoms with Gasteiger partial charge in [-0.3, -0.25) is 4.79 Å². The van der Waals surface area contributed by atoms with Crippen molar-refractivity contribution in [1.82, 2.24) is 0 Å². The van der Waals surface area contributed by atoms with Crippen LogP contribution in [0.5, 0.6) is 5.75 Å². The molecule has 0 fully saturated rings. The van der Waals surface area contributed by atoms with Crippen molar-refractivity contribution in [2.45, 2.75) is 13.8 Å². The van der Waals surface area contributed by atoms with Gasteiger partial charge in [-0.1, -0.05) is 18.2 Å². The SMILES string of the molecule is Cc1cc(C(=O)/C=C\c2ccc(OCC(=O)O)cc2)c(C)s1. The number of hydrogen-bond donors (Lipinski definition) is 1. The number of ether oxygens (including phenoxy) is 1. The molecule has 22 heavy (non-hydrogen) atoms. The number of carboxylic acid groups (broad SMARTS) is 1. The third-order valence-corrected chi connectivity index (χ3v) is 3.94. The van der Waals surface area contributed by atoms with E-state index in [1.54, 1.807) is 47.8 Å². The summed E-state index contributed by atoms with van der Waals surface area (Å²) in [6.45, 7) is 3.55. The second-order valence-electron chi connectivity index (χ2n) is 4.78. The van der Waals surface area contributed by atoms with Gasteiger partial charge in [-0.05, 0) is 43.7 Å². The fourth-order valence-corrected chi connectivity index (χ4v) is 2.89. The second-order valence-corrected chi connectivity index (χ2v) is 6.24. The van der Waals surface area contributed by atoms with Crippen LogP contribution in [0.4, 0.5) is 0 Å². The molecule has 114 valence electrons. The highest BCUT2D eigenvalue weighted by atomic mass is 32.1. The van der Waals surface area contributed by atoms with Gasteiger partial charge < -0.3 is 9.84 Å². The largest absolute Gasteiger partial charge is 0.482 e. The highest BCUT2D eigenvalue weighted by Crippen LogP contribution is 2.21. The van der Waals surface area contributed by atoms with E-state index in [2.05, 4.69) is 0 Å². The van der Waals surface area contributed by atoms with Crippen molar-refractivity contribution in [3.63, 3.8) is 0 Å². The normalized spacial score (nSPS) is 10.8. The molecule has 0 spiro atoms. The monoisotopic (exact) mass is 316 g/mol. The van der Waals surface area contributed by atoms with Crippen molar-refractivity contribution in [2.75, 3.05) is 6.61 Å². The summed E-state index contributed by atoms with van der Waals surface area (Å²) in [6.07, 6.45) is 3.28. The second kappa shape index (κ2) is 7.04. The summed E-state index contributed by atoms with van der Waals surface area (Å²) in [5.41, 5.74) is 1.58. The number of carbonyl (C=O) groups is 2. The number of carbonyl (C=O) groups excluding carboxylic acids is 1. The van der Waals surface area contributed by atoms with E-state index in [1.807, 2.05) is 19.9 Å². The van der Waals surface area contributed by atoms with Crippen LogP contribution in [0.1, 0.15) is 25.7 Å². The van der Waals surface area contributed by atoms with Gasteiger partial charge in [-0.2, -0.15) is 0 Å². The van der Waals surface area contributed by atoms with Gasteiger partial charge in [-0.25, -0.2) is 4.79 Å². The Labute approximate surface area is 132 Å². The maximum absolute atomic E-state index is 12.1. The summed E-state index contributed by atoms with van der Waals surface area (Å²) >= 11 is 1.61. The van der Waals surface area contributed by atoms with Crippen molar-refractivity contribution < 1.29 is 19.4 Å². The quantitative estimate of drug-likeness (QED) is 0.651. The summed E-state index contributed by atoms with van der Waals surface area (Å²) in [4.78, 5) is 24.7. The van der Waals surface area contributed by atoms with Crippen LogP contribution in [0.3, 0.4) is 0 Å². The summed E-state index contributed by atoms with van der Waals surface area (Å²) in [5, 5.41) is 8.53. The van der Waals surface area contributed by atoms with Gasteiger partial charge in [0.2, 0.25) is 0 Å². The maximum Gasteiger partial charge on any atom is 0.341 e. The molecule has 1 aromatic carbocycles. The number of rotatable bonds is 6.